The van der Waals surface area contributed by atoms with Crippen LogP contribution >= 0.6 is 0 Å². The van der Waals surface area contributed by atoms with Crippen molar-refractivity contribution in [2.24, 2.45) is 0 Å². The molecule has 26 heavy (non-hydrogen) atoms. The van der Waals surface area contributed by atoms with Gasteiger partial charge < -0.3 is 9.84 Å². The van der Waals surface area contributed by atoms with Gasteiger partial charge in [0.2, 0.25) is 0 Å². The minimum absolute atomic E-state index is 0.247. The molecule has 3 aromatic rings. The van der Waals surface area contributed by atoms with Gasteiger partial charge in [-0.1, -0.05) is 12.1 Å². The zero-order valence-electron chi connectivity index (χ0n) is 15.0. The van der Waals surface area contributed by atoms with E-state index in [0.29, 0.717) is 24.4 Å². The Hall–Kier alpha value is -2.60. The van der Waals surface area contributed by atoms with Crippen LogP contribution in [0.4, 0.5) is 0 Å². The minimum atomic E-state index is 0.247. The second kappa shape index (κ2) is 5.71. The summed E-state index contributed by atoms with van der Waals surface area (Å²) in [5.74, 6) is 0.777. The molecule has 1 saturated heterocycles. The minimum Gasteiger partial charge on any atom is -0.504 e. The van der Waals surface area contributed by atoms with Gasteiger partial charge in [0, 0.05) is 48.4 Å². The number of phenolic OH excluding ortho intramolecular Hbond substituents is 1. The number of benzene rings is 1. The van der Waals surface area contributed by atoms with Crippen LogP contribution in [0.25, 0.3) is 5.65 Å². The molecule has 2 atom stereocenters. The molecule has 0 spiro atoms. The van der Waals surface area contributed by atoms with E-state index in [4.69, 9.17) is 4.74 Å². The van der Waals surface area contributed by atoms with Crippen LogP contribution in [-0.4, -0.2) is 37.8 Å². The summed E-state index contributed by atoms with van der Waals surface area (Å²) in [5, 5.41) is 15.1. The standard InChI is InChI=1S/C20H22N4O2/c1-12-8-19-21-10-15-16-7-6-14(9-17(15)24(19)22-12)23(16)11-13-4-3-5-18(26-2)20(13)25/h3-5,8,10,14,16,25H,6-7,9,11H2,1-2H3/t14-,16+/m1/s1. The number of fused-ring (bicyclic) bond motifs is 6. The van der Waals surface area contributed by atoms with Crippen molar-refractivity contribution in [2.75, 3.05) is 7.11 Å². The van der Waals surface area contributed by atoms with Crippen LogP contribution in [-0.2, 0) is 13.0 Å². The maximum Gasteiger partial charge on any atom is 0.162 e. The summed E-state index contributed by atoms with van der Waals surface area (Å²) in [6.45, 7) is 2.73. The smallest absolute Gasteiger partial charge is 0.162 e. The average Bonchev–Trinajstić information content (AvgIpc) is 3.14. The normalized spacial score (nSPS) is 21.9. The van der Waals surface area contributed by atoms with E-state index in [0.717, 1.165) is 36.2 Å². The molecule has 1 N–H and O–H groups in total. The van der Waals surface area contributed by atoms with Gasteiger partial charge in [0.05, 0.1) is 18.5 Å². The Morgan fingerprint density at radius 3 is 3.04 bits per heavy atom. The van der Waals surface area contributed by atoms with E-state index in [9.17, 15) is 5.11 Å². The van der Waals surface area contributed by atoms with Gasteiger partial charge in [-0.05, 0) is 25.8 Å². The lowest BCUT2D eigenvalue weighted by Crippen LogP contribution is -2.38. The van der Waals surface area contributed by atoms with Crippen molar-refractivity contribution in [3.63, 3.8) is 0 Å². The molecular weight excluding hydrogens is 328 g/mol. The monoisotopic (exact) mass is 350 g/mol. The van der Waals surface area contributed by atoms with Gasteiger partial charge in [-0.3, -0.25) is 4.90 Å². The molecule has 1 fully saturated rings. The Bertz CT molecular complexity index is 997. The molecule has 0 aliphatic carbocycles. The number of para-hydroxylation sites is 1. The number of aryl methyl sites for hydroxylation is 1. The van der Waals surface area contributed by atoms with Crippen molar-refractivity contribution in [1.29, 1.82) is 0 Å². The van der Waals surface area contributed by atoms with Crippen molar-refractivity contribution in [3.05, 3.63) is 53.0 Å². The predicted octanol–water partition coefficient (Wildman–Crippen LogP) is 3.01. The Morgan fingerprint density at radius 2 is 2.19 bits per heavy atom. The molecule has 4 heterocycles. The Kier molecular flexibility index (Phi) is 3.43. The number of hydrogen-bond acceptors (Lipinski definition) is 5. The van der Waals surface area contributed by atoms with Crippen LogP contribution in [0, 0.1) is 6.92 Å². The number of nitrogens with zero attached hydrogens (tertiary/aromatic N) is 4. The number of aromatic hydroxyl groups is 1. The summed E-state index contributed by atoms with van der Waals surface area (Å²) in [5.41, 5.74) is 5.41. The fourth-order valence-corrected chi connectivity index (χ4v) is 4.60. The summed E-state index contributed by atoms with van der Waals surface area (Å²) in [4.78, 5) is 7.12. The number of ether oxygens (including phenoxy) is 1. The molecule has 2 bridgehead atoms. The first-order valence-electron chi connectivity index (χ1n) is 9.10. The maximum atomic E-state index is 10.5. The molecule has 0 unspecified atom stereocenters. The highest BCUT2D eigenvalue weighted by molar-refractivity contribution is 5.46. The summed E-state index contributed by atoms with van der Waals surface area (Å²) in [6.07, 6.45) is 5.27. The summed E-state index contributed by atoms with van der Waals surface area (Å²) in [7, 11) is 1.59. The van der Waals surface area contributed by atoms with Crippen molar-refractivity contribution in [3.8, 4) is 11.5 Å². The average molecular weight is 350 g/mol. The number of methoxy groups -OCH3 is 1. The molecule has 5 rings (SSSR count). The molecule has 6 nitrogen and oxygen atoms in total. The molecular formula is C20H22N4O2. The van der Waals surface area contributed by atoms with Gasteiger partial charge in [-0.15, -0.1) is 0 Å². The molecule has 0 radical (unpaired) electrons. The lowest BCUT2D eigenvalue weighted by atomic mass is 9.98. The first-order valence-corrected chi connectivity index (χ1v) is 9.10. The summed E-state index contributed by atoms with van der Waals surface area (Å²) >= 11 is 0. The van der Waals surface area contributed by atoms with Crippen LogP contribution in [0.2, 0.25) is 0 Å². The number of hydrogen-bond donors (Lipinski definition) is 1. The van der Waals surface area contributed by atoms with Gasteiger partial charge in [0.1, 0.15) is 0 Å². The molecule has 1 aromatic carbocycles. The first kappa shape index (κ1) is 15.6. The van der Waals surface area contributed by atoms with E-state index in [1.807, 2.05) is 35.8 Å². The molecule has 6 heteroatoms. The van der Waals surface area contributed by atoms with Gasteiger partial charge in [-0.2, -0.15) is 5.10 Å². The van der Waals surface area contributed by atoms with E-state index >= 15 is 0 Å². The highest BCUT2D eigenvalue weighted by Gasteiger charge is 2.41. The Balaban J connectivity index is 1.53. The van der Waals surface area contributed by atoms with Gasteiger partial charge in [0.15, 0.2) is 17.1 Å². The van der Waals surface area contributed by atoms with E-state index < -0.39 is 0 Å². The number of aromatic nitrogens is 3. The second-order valence-corrected chi connectivity index (χ2v) is 7.31. The van der Waals surface area contributed by atoms with Crippen molar-refractivity contribution < 1.29 is 9.84 Å². The zero-order valence-corrected chi connectivity index (χ0v) is 15.0. The third kappa shape index (κ3) is 2.22. The van der Waals surface area contributed by atoms with E-state index in [-0.39, 0.29) is 5.75 Å². The molecule has 0 amide bonds. The first-order chi connectivity index (χ1) is 12.7. The second-order valence-electron chi connectivity index (χ2n) is 7.31. The lowest BCUT2D eigenvalue weighted by Gasteiger charge is -2.36. The van der Waals surface area contributed by atoms with Crippen LogP contribution in [0.5, 0.6) is 11.5 Å². The summed E-state index contributed by atoms with van der Waals surface area (Å²) < 4.78 is 7.28. The van der Waals surface area contributed by atoms with Gasteiger partial charge in [-0.25, -0.2) is 9.50 Å². The third-order valence-electron chi connectivity index (χ3n) is 5.82. The molecule has 2 aliphatic heterocycles. The fraction of sp³-hybridized carbons (Fsp3) is 0.400. The van der Waals surface area contributed by atoms with E-state index in [2.05, 4.69) is 15.0 Å². The number of rotatable bonds is 3. The Labute approximate surface area is 152 Å². The molecule has 0 saturated carbocycles. The largest absolute Gasteiger partial charge is 0.504 e. The highest BCUT2D eigenvalue weighted by atomic mass is 16.5. The third-order valence-corrected chi connectivity index (χ3v) is 5.82. The molecule has 134 valence electrons. The highest BCUT2D eigenvalue weighted by Crippen LogP contribution is 2.45. The maximum absolute atomic E-state index is 10.5. The van der Waals surface area contributed by atoms with Crippen LogP contribution in [0.3, 0.4) is 0 Å². The number of phenols is 1. The van der Waals surface area contributed by atoms with Crippen molar-refractivity contribution >= 4 is 5.65 Å². The van der Waals surface area contributed by atoms with Gasteiger partial charge >= 0.3 is 0 Å². The molecule has 2 aromatic heterocycles. The van der Waals surface area contributed by atoms with Gasteiger partial charge in [0.25, 0.3) is 0 Å². The fourth-order valence-electron chi connectivity index (χ4n) is 4.60. The SMILES string of the molecule is COc1cccc(CN2[C@@H]3CC[C@H]2c2cnc4cc(C)nn4c2C3)c1O. The van der Waals surface area contributed by atoms with Crippen molar-refractivity contribution in [1.82, 2.24) is 19.5 Å². The van der Waals surface area contributed by atoms with E-state index in [1.165, 1.54) is 11.3 Å². The predicted molar refractivity (Wildman–Crippen MR) is 97.4 cm³/mol. The lowest BCUT2D eigenvalue weighted by molar-refractivity contribution is 0.163. The van der Waals surface area contributed by atoms with E-state index in [1.54, 1.807) is 13.2 Å². The van der Waals surface area contributed by atoms with Crippen molar-refractivity contribution in [2.45, 2.75) is 44.8 Å². The quantitative estimate of drug-likeness (QED) is 0.787. The Morgan fingerprint density at radius 1 is 1.31 bits per heavy atom. The van der Waals surface area contributed by atoms with Crippen LogP contribution in [0.15, 0.2) is 30.5 Å². The molecule has 2 aliphatic rings. The topological polar surface area (TPSA) is 62.9 Å². The van der Waals surface area contributed by atoms with Crippen LogP contribution < -0.4 is 4.74 Å². The summed E-state index contributed by atoms with van der Waals surface area (Å²) in [6, 6.07) is 8.53. The van der Waals surface area contributed by atoms with Crippen LogP contribution in [0.1, 0.15) is 41.4 Å². The zero-order chi connectivity index (χ0) is 17.8.